The largest absolute Gasteiger partial charge is 0.472 e. The fourth-order valence-electron chi connectivity index (χ4n) is 8.86. The van der Waals surface area contributed by atoms with Gasteiger partial charge >= 0.3 is 19.8 Å². The zero-order valence-electron chi connectivity index (χ0n) is 45.6. The van der Waals surface area contributed by atoms with Gasteiger partial charge in [-0.3, -0.25) is 18.6 Å². The molecule has 0 aliphatic rings. The van der Waals surface area contributed by atoms with Gasteiger partial charge < -0.3 is 20.1 Å². The molecule has 2 atom stereocenters. The third kappa shape index (κ3) is 55.7. The number of carbonyl (C=O) groups excluding carboxylic acids is 2. The first-order valence-corrected chi connectivity index (χ1v) is 31.3. The summed E-state index contributed by atoms with van der Waals surface area (Å²) in [5.41, 5.74) is 5.38. The standard InChI is InChI=1S/C59H114NO8P/c1-3-5-7-9-11-13-15-17-19-21-23-25-27-28-30-32-34-36-38-40-42-44-46-48-50-52-59(62)68-57(56-67-69(63,64)66-54-53-60)55-65-58(61)51-49-47-45-43-41-39-37-35-33-31-29-26-24-22-20-18-16-14-12-10-8-6-4-2/h21-24,57H,3-20,25-56,60H2,1-2H3,(H,63,64)/b23-21-,24-22-. The van der Waals surface area contributed by atoms with E-state index in [-0.39, 0.29) is 38.6 Å². The highest BCUT2D eigenvalue weighted by molar-refractivity contribution is 7.47. The number of rotatable bonds is 57. The van der Waals surface area contributed by atoms with E-state index in [1.807, 2.05) is 0 Å². The smallest absolute Gasteiger partial charge is 0.462 e. The van der Waals surface area contributed by atoms with Crippen molar-refractivity contribution in [1.29, 1.82) is 0 Å². The highest BCUT2D eigenvalue weighted by Crippen LogP contribution is 2.43. The predicted octanol–water partition coefficient (Wildman–Crippen LogP) is 18.6. The van der Waals surface area contributed by atoms with Crippen molar-refractivity contribution >= 4 is 19.8 Å². The summed E-state index contributed by atoms with van der Waals surface area (Å²) in [6, 6.07) is 0. The Labute approximate surface area is 427 Å². The molecule has 408 valence electrons. The lowest BCUT2D eigenvalue weighted by Crippen LogP contribution is -2.29. The lowest BCUT2D eigenvalue weighted by Gasteiger charge is -2.19. The molecule has 9 nitrogen and oxygen atoms in total. The maximum absolute atomic E-state index is 12.7. The fraction of sp³-hybridized carbons (Fsp3) is 0.898. The molecule has 0 saturated carbocycles. The van der Waals surface area contributed by atoms with Gasteiger partial charge in [-0.1, -0.05) is 256 Å². The maximum atomic E-state index is 12.7. The number of carbonyl (C=O) groups is 2. The van der Waals surface area contributed by atoms with Crippen molar-refractivity contribution in [3.8, 4) is 0 Å². The molecule has 2 unspecified atom stereocenters. The minimum Gasteiger partial charge on any atom is -0.462 e. The van der Waals surface area contributed by atoms with Crippen LogP contribution in [0.1, 0.15) is 309 Å². The lowest BCUT2D eigenvalue weighted by atomic mass is 10.0. The molecule has 0 aromatic heterocycles. The molecular formula is C59H114NO8P. The van der Waals surface area contributed by atoms with Crippen molar-refractivity contribution in [3.05, 3.63) is 24.3 Å². The van der Waals surface area contributed by atoms with Gasteiger partial charge in [0.15, 0.2) is 6.10 Å². The Kier molecular flexibility index (Phi) is 54.6. The number of unbranched alkanes of at least 4 members (excludes halogenated alkanes) is 40. The quantitative estimate of drug-likeness (QED) is 0.0264. The molecule has 0 bridgehead atoms. The van der Waals surface area contributed by atoms with Crippen LogP contribution in [0.3, 0.4) is 0 Å². The second kappa shape index (κ2) is 55.8. The van der Waals surface area contributed by atoms with E-state index in [1.54, 1.807) is 0 Å². The third-order valence-electron chi connectivity index (χ3n) is 13.3. The number of nitrogens with two attached hydrogens (primary N) is 1. The van der Waals surface area contributed by atoms with Crippen molar-refractivity contribution < 1.29 is 37.6 Å². The minimum atomic E-state index is -4.38. The molecule has 0 aromatic rings. The van der Waals surface area contributed by atoms with Crippen LogP contribution in [0.4, 0.5) is 0 Å². The SMILES string of the molecule is CCCCCCCCCC/C=C\CCCCCCCCCCCCCCCC(=O)OC(COC(=O)CCCCCCCCCCCCC/C=C\CCCCCCCCCC)COP(=O)(O)OCCN. The number of allylic oxidation sites excluding steroid dienone is 4. The van der Waals surface area contributed by atoms with Crippen LogP contribution in [0, 0.1) is 0 Å². The van der Waals surface area contributed by atoms with E-state index in [2.05, 4.69) is 38.2 Å². The number of phosphoric acid groups is 1. The molecule has 0 heterocycles. The van der Waals surface area contributed by atoms with Crippen LogP contribution in [-0.2, 0) is 32.7 Å². The lowest BCUT2D eigenvalue weighted by molar-refractivity contribution is -0.161. The summed E-state index contributed by atoms with van der Waals surface area (Å²) in [4.78, 5) is 35.2. The number of esters is 2. The second-order valence-corrected chi connectivity index (χ2v) is 21.7. The first-order valence-electron chi connectivity index (χ1n) is 29.8. The normalized spacial score (nSPS) is 13.2. The fourth-order valence-corrected chi connectivity index (χ4v) is 9.63. The van der Waals surface area contributed by atoms with Crippen molar-refractivity contribution in [1.82, 2.24) is 0 Å². The molecular weight excluding hydrogens is 882 g/mol. The Bertz CT molecular complexity index is 1180. The molecule has 0 aromatic carbocycles. The molecule has 0 amide bonds. The van der Waals surface area contributed by atoms with Crippen molar-refractivity contribution in [2.45, 2.75) is 315 Å². The van der Waals surface area contributed by atoms with E-state index >= 15 is 0 Å². The van der Waals surface area contributed by atoms with Crippen molar-refractivity contribution in [2.24, 2.45) is 5.73 Å². The number of hydrogen-bond donors (Lipinski definition) is 2. The number of ether oxygens (including phenoxy) is 2. The Morgan fingerprint density at radius 2 is 0.710 bits per heavy atom. The molecule has 0 spiro atoms. The molecule has 10 heteroatoms. The van der Waals surface area contributed by atoms with Gasteiger partial charge in [0, 0.05) is 19.4 Å². The molecule has 0 aliphatic heterocycles. The molecule has 0 radical (unpaired) electrons. The zero-order chi connectivity index (χ0) is 50.2. The molecule has 0 aliphatic carbocycles. The van der Waals surface area contributed by atoms with E-state index in [0.717, 1.165) is 32.1 Å². The Morgan fingerprint density at radius 3 is 1.03 bits per heavy atom. The van der Waals surface area contributed by atoms with E-state index in [9.17, 15) is 19.0 Å². The van der Waals surface area contributed by atoms with Gasteiger partial charge in [0.2, 0.25) is 0 Å². The van der Waals surface area contributed by atoms with Gasteiger partial charge in [-0.25, -0.2) is 4.57 Å². The molecule has 0 rings (SSSR count). The average Bonchev–Trinajstić information content (AvgIpc) is 3.34. The summed E-state index contributed by atoms with van der Waals surface area (Å²) >= 11 is 0. The van der Waals surface area contributed by atoms with Gasteiger partial charge in [0.05, 0.1) is 13.2 Å². The van der Waals surface area contributed by atoms with Gasteiger partial charge in [-0.15, -0.1) is 0 Å². The first-order chi connectivity index (χ1) is 33.8. The van der Waals surface area contributed by atoms with Crippen molar-refractivity contribution in [3.63, 3.8) is 0 Å². The monoisotopic (exact) mass is 996 g/mol. The highest BCUT2D eigenvalue weighted by atomic mass is 31.2. The third-order valence-corrected chi connectivity index (χ3v) is 14.3. The zero-order valence-corrected chi connectivity index (χ0v) is 46.5. The van der Waals surface area contributed by atoms with Gasteiger partial charge in [0.25, 0.3) is 0 Å². The van der Waals surface area contributed by atoms with Gasteiger partial charge in [0.1, 0.15) is 6.61 Å². The summed E-state index contributed by atoms with van der Waals surface area (Å²) in [6.45, 7) is 3.80. The van der Waals surface area contributed by atoms with E-state index in [4.69, 9.17) is 24.3 Å². The Hall–Kier alpha value is -1.51. The second-order valence-electron chi connectivity index (χ2n) is 20.2. The van der Waals surface area contributed by atoms with Gasteiger partial charge in [-0.05, 0) is 64.2 Å². The predicted molar refractivity (Wildman–Crippen MR) is 294 cm³/mol. The summed E-state index contributed by atoms with van der Waals surface area (Å²) in [6.07, 6.45) is 65.2. The van der Waals surface area contributed by atoms with E-state index in [1.165, 1.54) is 244 Å². The topological polar surface area (TPSA) is 134 Å². The summed E-state index contributed by atoms with van der Waals surface area (Å²) < 4.78 is 33.1. The average molecular weight is 997 g/mol. The molecule has 3 N–H and O–H groups in total. The van der Waals surface area contributed by atoms with Crippen LogP contribution in [0.25, 0.3) is 0 Å². The summed E-state index contributed by atoms with van der Waals surface area (Å²) in [5, 5.41) is 0. The summed E-state index contributed by atoms with van der Waals surface area (Å²) in [7, 11) is -4.38. The van der Waals surface area contributed by atoms with Crippen LogP contribution in [0.5, 0.6) is 0 Å². The van der Waals surface area contributed by atoms with Crippen molar-refractivity contribution in [2.75, 3.05) is 26.4 Å². The van der Waals surface area contributed by atoms with Crippen LogP contribution < -0.4 is 5.73 Å². The molecule has 0 saturated heterocycles. The first kappa shape index (κ1) is 67.5. The van der Waals surface area contributed by atoms with E-state index in [0.29, 0.717) is 6.42 Å². The van der Waals surface area contributed by atoms with E-state index < -0.39 is 26.5 Å². The van der Waals surface area contributed by atoms with Crippen LogP contribution in [0.15, 0.2) is 24.3 Å². The van der Waals surface area contributed by atoms with Crippen LogP contribution in [-0.4, -0.2) is 49.3 Å². The molecule has 0 fully saturated rings. The Balaban J connectivity index is 3.93. The van der Waals surface area contributed by atoms with Crippen LogP contribution in [0.2, 0.25) is 0 Å². The maximum Gasteiger partial charge on any atom is 0.472 e. The minimum absolute atomic E-state index is 0.0555. The van der Waals surface area contributed by atoms with Gasteiger partial charge in [-0.2, -0.15) is 0 Å². The number of hydrogen-bond acceptors (Lipinski definition) is 8. The number of phosphoric ester groups is 1. The highest BCUT2D eigenvalue weighted by Gasteiger charge is 2.26. The molecule has 69 heavy (non-hydrogen) atoms. The Morgan fingerprint density at radius 1 is 0.420 bits per heavy atom. The van der Waals surface area contributed by atoms with Crippen LogP contribution >= 0.6 is 7.82 Å². The summed E-state index contributed by atoms with van der Waals surface area (Å²) in [5.74, 6) is -0.812.